The van der Waals surface area contributed by atoms with Gasteiger partial charge in [-0.25, -0.2) is 13.9 Å². The van der Waals surface area contributed by atoms with Crippen molar-refractivity contribution in [3.63, 3.8) is 0 Å². The highest BCUT2D eigenvalue weighted by molar-refractivity contribution is 7.19. The van der Waals surface area contributed by atoms with Gasteiger partial charge in [-0.15, -0.1) is 0 Å². The van der Waals surface area contributed by atoms with Gasteiger partial charge < -0.3 is 5.11 Å². The van der Waals surface area contributed by atoms with E-state index in [2.05, 4.69) is 10.1 Å². The molecule has 0 aliphatic carbocycles. The number of aliphatic hydroxyl groups excluding tert-OH is 1. The number of benzene rings is 1. The fraction of sp³-hybridized carbons (Fsp3) is 0.286. The van der Waals surface area contributed by atoms with Gasteiger partial charge in [0.05, 0.1) is 18.0 Å². The molecule has 0 bridgehead atoms. The summed E-state index contributed by atoms with van der Waals surface area (Å²) in [5.74, 6) is -0.0655. The molecule has 3 aromatic rings. The molecule has 0 spiro atoms. The minimum atomic E-state index is -0.291. The molecule has 0 fully saturated rings. The molecule has 104 valence electrons. The predicted octanol–water partition coefficient (Wildman–Crippen LogP) is 3.21. The van der Waals surface area contributed by atoms with E-state index >= 15 is 0 Å². The zero-order chi connectivity index (χ0) is 14.3. The van der Waals surface area contributed by atoms with Crippen molar-refractivity contribution in [2.24, 2.45) is 0 Å². The first-order valence-electron chi connectivity index (χ1n) is 6.35. The fourth-order valence-electron chi connectivity index (χ4n) is 2.15. The second-order valence-electron chi connectivity index (χ2n) is 4.87. The fourth-order valence-corrected chi connectivity index (χ4v) is 3.08. The van der Waals surface area contributed by atoms with Gasteiger partial charge in [-0.3, -0.25) is 0 Å². The normalized spacial score (nSPS) is 11.7. The molecule has 0 aliphatic heterocycles. The van der Waals surface area contributed by atoms with Gasteiger partial charge in [0.1, 0.15) is 10.8 Å². The molecular weight excluding hydrogens is 277 g/mol. The third-order valence-corrected chi connectivity index (χ3v) is 4.05. The quantitative estimate of drug-likeness (QED) is 0.806. The Morgan fingerprint density at radius 3 is 2.85 bits per heavy atom. The average molecular weight is 291 g/mol. The lowest BCUT2D eigenvalue weighted by Crippen LogP contribution is -1.99. The van der Waals surface area contributed by atoms with Gasteiger partial charge in [0, 0.05) is 5.56 Å². The molecule has 0 atom stereocenters. The van der Waals surface area contributed by atoms with Crippen LogP contribution in [-0.4, -0.2) is 19.7 Å². The molecule has 4 nitrogen and oxygen atoms in total. The summed E-state index contributed by atoms with van der Waals surface area (Å²) >= 11 is 1.39. The van der Waals surface area contributed by atoms with Crippen molar-refractivity contribution in [2.75, 3.05) is 0 Å². The van der Waals surface area contributed by atoms with E-state index in [0.717, 1.165) is 16.2 Å². The number of aromatic nitrogens is 3. The van der Waals surface area contributed by atoms with E-state index in [0.29, 0.717) is 10.7 Å². The number of hydrogen-bond acceptors (Lipinski definition) is 4. The summed E-state index contributed by atoms with van der Waals surface area (Å²) in [6.07, 6.45) is 0. The minimum absolute atomic E-state index is 0.110. The van der Waals surface area contributed by atoms with Gasteiger partial charge >= 0.3 is 0 Å². The Morgan fingerprint density at radius 1 is 1.40 bits per heavy atom. The Labute approximate surface area is 119 Å². The van der Waals surface area contributed by atoms with Crippen LogP contribution >= 0.6 is 11.3 Å². The topological polar surface area (TPSA) is 50.4 Å². The highest BCUT2D eigenvalue weighted by atomic mass is 32.1. The maximum absolute atomic E-state index is 13.3. The molecule has 1 aromatic carbocycles. The molecule has 3 rings (SSSR count). The SMILES string of the molecule is CC(C)c1nc2sc(-c3cccc(F)c3)nn2c1CO. The lowest BCUT2D eigenvalue weighted by molar-refractivity contribution is 0.272. The first kappa shape index (κ1) is 13.2. The maximum atomic E-state index is 13.3. The molecule has 2 aromatic heterocycles. The van der Waals surface area contributed by atoms with Crippen LogP contribution < -0.4 is 0 Å². The van der Waals surface area contributed by atoms with Crippen LogP contribution in [0.2, 0.25) is 0 Å². The molecule has 0 saturated carbocycles. The Balaban J connectivity index is 2.15. The largest absolute Gasteiger partial charge is 0.390 e. The molecular formula is C14H14FN3OS. The van der Waals surface area contributed by atoms with Crippen molar-refractivity contribution in [1.82, 2.24) is 14.6 Å². The van der Waals surface area contributed by atoms with Crippen molar-refractivity contribution in [3.8, 4) is 10.6 Å². The standard InChI is InChI=1S/C14H14FN3OS/c1-8(2)12-11(7-19)18-14(16-12)20-13(17-18)9-4-3-5-10(15)6-9/h3-6,8,19H,7H2,1-2H3. The number of rotatable bonds is 3. The minimum Gasteiger partial charge on any atom is -0.390 e. The van der Waals surface area contributed by atoms with Crippen molar-refractivity contribution in [3.05, 3.63) is 41.5 Å². The lowest BCUT2D eigenvalue weighted by atomic mass is 10.1. The summed E-state index contributed by atoms with van der Waals surface area (Å²) in [6, 6.07) is 6.31. The van der Waals surface area contributed by atoms with E-state index in [1.54, 1.807) is 10.6 Å². The van der Waals surface area contributed by atoms with Crippen molar-refractivity contribution < 1.29 is 9.50 Å². The first-order chi connectivity index (χ1) is 9.60. The zero-order valence-corrected chi connectivity index (χ0v) is 12.0. The second-order valence-corrected chi connectivity index (χ2v) is 5.82. The summed E-state index contributed by atoms with van der Waals surface area (Å²) in [6.45, 7) is 3.94. The van der Waals surface area contributed by atoms with Crippen molar-refractivity contribution >= 4 is 16.3 Å². The van der Waals surface area contributed by atoms with E-state index in [4.69, 9.17) is 0 Å². The number of imidazole rings is 1. The molecule has 0 saturated heterocycles. The van der Waals surface area contributed by atoms with Gasteiger partial charge in [0.25, 0.3) is 0 Å². The van der Waals surface area contributed by atoms with Crippen LogP contribution in [0.5, 0.6) is 0 Å². The van der Waals surface area contributed by atoms with Crippen molar-refractivity contribution in [1.29, 1.82) is 0 Å². The smallest absolute Gasteiger partial charge is 0.213 e. The molecule has 0 aliphatic rings. The number of aliphatic hydroxyl groups is 1. The van der Waals surface area contributed by atoms with Crippen LogP contribution in [0.25, 0.3) is 15.5 Å². The Kier molecular flexibility index (Phi) is 3.27. The molecule has 2 heterocycles. The van der Waals surface area contributed by atoms with Gasteiger partial charge in [0.15, 0.2) is 0 Å². The van der Waals surface area contributed by atoms with Gasteiger partial charge in [-0.1, -0.05) is 37.3 Å². The van der Waals surface area contributed by atoms with Crippen LogP contribution in [0.1, 0.15) is 31.2 Å². The maximum Gasteiger partial charge on any atom is 0.213 e. The monoisotopic (exact) mass is 291 g/mol. The lowest BCUT2D eigenvalue weighted by Gasteiger charge is -2.02. The highest BCUT2D eigenvalue weighted by Crippen LogP contribution is 2.29. The Morgan fingerprint density at radius 2 is 2.20 bits per heavy atom. The molecule has 0 unspecified atom stereocenters. The third kappa shape index (κ3) is 2.10. The summed E-state index contributed by atoms with van der Waals surface area (Å²) in [5, 5.41) is 14.7. The van der Waals surface area contributed by atoms with Crippen LogP contribution in [-0.2, 0) is 6.61 Å². The van der Waals surface area contributed by atoms with E-state index in [9.17, 15) is 9.50 Å². The molecule has 1 N–H and O–H groups in total. The van der Waals surface area contributed by atoms with Crippen LogP contribution in [0.4, 0.5) is 4.39 Å². The number of halogens is 1. The summed E-state index contributed by atoms with van der Waals surface area (Å²) < 4.78 is 14.9. The van der Waals surface area contributed by atoms with Crippen LogP contribution in [0, 0.1) is 5.82 Å². The van der Waals surface area contributed by atoms with E-state index in [1.165, 1.54) is 23.5 Å². The van der Waals surface area contributed by atoms with Crippen LogP contribution in [0.3, 0.4) is 0 Å². The summed E-state index contributed by atoms with van der Waals surface area (Å²) in [4.78, 5) is 5.24. The highest BCUT2D eigenvalue weighted by Gasteiger charge is 2.18. The first-order valence-corrected chi connectivity index (χ1v) is 7.17. The number of nitrogens with zero attached hydrogens (tertiary/aromatic N) is 3. The van der Waals surface area contributed by atoms with Gasteiger partial charge in [-0.2, -0.15) is 5.10 Å². The average Bonchev–Trinajstić information content (AvgIpc) is 2.95. The summed E-state index contributed by atoms with van der Waals surface area (Å²) in [7, 11) is 0. The zero-order valence-electron chi connectivity index (χ0n) is 11.2. The van der Waals surface area contributed by atoms with E-state index < -0.39 is 0 Å². The van der Waals surface area contributed by atoms with E-state index in [1.807, 2.05) is 19.9 Å². The van der Waals surface area contributed by atoms with Crippen LogP contribution in [0.15, 0.2) is 24.3 Å². The van der Waals surface area contributed by atoms with Gasteiger partial charge in [0.2, 0.25) is 4.96 Å². The van der Waals surface area contributed by atoms with Crippen molar-refractivity contribution in [2.45, 2.75) is 26.4 Å². The third-order valence-electron chi connectivity index (χ3n) is 3.10. The Hall–Kier alpha value is -1.79. The second kappa shape index (κ2) is 4.96. The molecule has 0 radical (unpaired) electrons. The molecule has 6 heteroatoms. The Bertz CT molecular complexity index is 763. The van der Waals surface area contributed by atoms with Gasteiger partial charge in [-0.05, 0) is 18.1 Å². The van der Waals surface area contributed by atoms with E-state index in [-0.39, 0.29) is 18.3 Å². The predicted molar refractivity (Wildman–Crippen MR) is 76.3 cm³/mol. The number of fused-ring (bicyclic) bond motifs is 1. The molecule has 20 heavy (non-hydrogen) atoms. The summed E-state index contributed by atoms with van der Waals surface area (Å²) in [5.41, 5.74) is 2.28. The number of hydrogen-bond donors (Lipinski definition) is 1. The molecule has 0 amide bonds.